The molecule has 0 amide bonds. The predicted molar refractivity (Wildman–Crippen MR) is 109 cm³/mol. The van der Waals surface area contributed by atoms with Gasteiger partial charge in [-0.15, -0.1) is 0 Å². The minimum absolute atomic E-state index is 0.932. The minimum Gasteiger partial charge on any atom is -0.354 e. The Kier molecular flexibility index (Phi) is 5.82. The van der Waals surface area contributed by atoms with E-state index in [1.807, 2.05) is 18.5 Å². The third kappa shape index (κ3) is 4.56. The van der Waals surface area contributed by atoms with Crippen molar-refractivity contribution in [2.45, 2.75) is 39.2 Å². The van der Waals surface area contributed by atoms with Crippen molar-refractivity contribution in [2.75, 3.05) is 49.1 Å². The Labute approximate surface area is 162 Å². The molecule has 2 aliphatic rings. The van der Waals surface area contributed by atoms with Gasteiger partial charge in [0.1, 0.15) is 5.82 Å². The molecule has 6 nitrogen and oxygen atoms in total. The summed E-state index contributed by atoms with van der Waals surface area (Å²) < 4.78 is 0. The maximum absolute atomic E-state index is 4.95. The van der Waals surface area contributed by atoms with E-state index >= 15 is 0 Å². The van der Waals surface area contributed by atoms with E-state index in [0.717, 1.165) is 69.7 Å². The van der Waals surface area contributed by atoms with Crippen LogP contribution in [0.5, 0.6) is 0 Å². The number of aromatic nitrogens is 3. The maximum atomic E-state index is 4.95. The lowest BCUT2D eigenvalue weighted by Crippen LogP contribution is -2.46. The summed E-state index contributed by atoms with van der Waals surface area (Å²) in [6, 6.07) is 6.35. The van der Waals surface area contributed by atoms with Crippen molar-refractivity contribution in [3.05, 3.63) is 41.9 Å². The molecule has 2 fully saturated rings. The first kappa shape index (κ1) is 18.2. The van der Waals surface area contributed by atoms with Gasteiger partial charge in [0.05, 0.1) is 0 Å². The van der Waals surface area contributed by atoms with Crippen molar-refractivity contribution < 1.29 is 0 Å². The second-order valence-corrected chi connectivity index (χ2v) is 7.54. The summed E-state index contributed by atoms with van der Waals surface area (Å²) >= 11 is 0. The number of hydrogen-bond acceptors (Lipinski definition) is 6. The molecule has 144 valence electrons. The van der Waals surface area contributed by atoms with E-state index in [-0.39, 0.29) is 0 Å². The normalized spacial score (nSPS) is 18.7. The highest BCUT2D eigenvalue weighted by molar-refractivity contribution is 5.46. The highest BCUT2D eigenvalue weighted by atomic mass is 15.3. The van der Waals surface area contributed by atoms with Gasteiger partial charge in [-0.05, 0) is 37.3 Å². The molecule has 6 heteroatoms. The highest BCUT2D eigenvalue weighted by Crippen LogP contribution is 2.22. The molecule has 27 heavy (non-hydrogen) atoms. The second-order valence-electron chi connectivity index (χ2n) is 7.54. The summed E-state index contributed by atoms with van der Waals surface area (Å²) in [5, 5.41) is 0. The van der Waals surface area contributed by atoms with Crippen LogP contribution in [-0.2, 0) is 13.0 Å². The van der Waals surface area contributed by atoms with Crippen molar-refractivity contribution in [1.29, 1.82) is 0 Å². The number of nitrogens with zero attached hydrogens (tertiary/aromatic N) is 6. The van der Waals surface area contributed by atoms with Crippen LogP contribution in [0, 0.1) is 0 Å². The van der Waals surface area contributed by atoms with Crippen LogP contribution in [0.2, 0.25) is 0 Å². The van der Waals surface area contributed by atoms with Gasteiger partial charge in [0.15, 0.2) is 0 Å². The summed E-state index contributed by atoms with van der Waals surface area (Å²) in [7, 11) is 0. The molecule has 2 aromatic rings. The smallest absolute Gasteiger partial charge is 0.227 e. The molecule has 2 saturated heterocycles. The second kappa shape index (κ2) is 8.65. The Morgan fingerprint density at radius 3 is 2.44 bits per heavy atom. The number of piperidine rings is 1. The maximum Gasteiger partial charge on any atom is 0.227 e. The Hall–Kier alpha value is -2.21. The van der Waals surface area contributed by atoms with Crippen LogP contribution in [-0.4, -0.2) is 59.1 Å². The molecule has 4 rings (SSSR count). The van der Waals surface area contributed by atoms with Gasteiger partial charge in [0, 0.05) is 70.0 Å². The predicted octanol–water partition coefficient (Wildman–Crippen LogP) is 2.75. The van der Waals surface area contributed by atoms with Crippen LogP contribution in [0.15, 0.2) is 30.6 Å². The van der Waals surface area contributed by atoms with Gasteiger partial charge in [-0.3, -0.25) is 9.88 Å². The summed E-state index contributed by atoms with van der Waals surface area (Å²) in [5.74, 6) is 2.03. The first-order chi connectivity index (χ1) is 13.3. The molecule has 2 aromatic heterocycles. The lowest BCUT2D eigenvalue weighted by molar-refractivity contribution is 0.249. The van der Waals surface area contributed by atoms with Crippen LogP contribution in [0.4, 0.5) is 11.8 Å². The fourth-order valence-corrected chi connectivity index (χ4v) is 3.93. The van der Waals surface area contributed by atoms with Crippen LogP contribution >= 0.6 is 0 Å². The third-order valence-corrected chi connectivity index (χ3v) is 5.58. The molecule has 0 N–H and O–H groups in total. The number of pyridine rings is 1. The van der Waals surface area contributed by atoms with Gasteiger partial charge in [-0.25, -0.2) is 4.98 Å². The Balaban J connectivity index is 1.42. The van der Waals surface area contributed by atoms with Crippen molar-refractivity contribution in [3.63, 3.8) is 0 Å². The molecule has 2 aliphatic heterocycles. The Morgan fingerprint density at radius 2 is 1.74 bits per heavy atom. The molecular formula is C21H30N6. The standard InChI is InChI=1S/C21H30N6/c1-2-19-15-20(24-21(23-19)27-9-4-3-5-10-27)26-13-11-25(12-14-26)17-18-7-6-8-22-16-18/h6-8,15-16H,2-5,9-14,17H2,1H3. The largest absolute Gasteiger partial charge is 0.354 e. The van der Waals surface area contributed by atoms with Crippen molar-refractivity contribution in [3.8, 4) is 0 Å². The molecule has 0 bridgehead atoms. The quantitative estimate of drug-likeness (QED) is 0.811. The number of hydrogen-bond donors (Lipinski definition) is 0. The molecule has 0 aliphatic carbocycles. The number of aryl methyl sites for hydroxylation is 1. The van der Waals surface area contributed by atoms with Crippen molar-refractivity contribution in [2.24, 2.45) is 0 Å². The van der Waals surface area contributed by atoms with Gasteiger partial charge >= 0.3 is 0 Å². The summed E-state index contributed by atoms with van der Waals surface area (Å²) in [5.41, 5.74) is 2.44. The zero-order valence-corrected chi connectivity index (χ0v) is 16.3. The fourth-order valence-electron chi connectivity index (χ4n) is 3.93. The highest BCUT2D eigenvalue weighted by Gasteiger charge is 2.21. The average Bonchev–Trinajstić information content (AvgIpc) is 2.75. The molecular weight excluding hydrogens is 336 g/mol. The van der Waals surface area contributed by atoms with Crippen molar-refractivity contribution >= 4 is 11.8 Å². The average molecular weight is 367 g/mol. The zero-order chi connectivity index (χ0) is 18.5. The van der Waals surface area contributed by atoms with Gasteiger partial charge in [0.25, 0.3) is 0 Å². The summed E-state index contributed by atoms with van der Waals surface area (Å²) in [6.07, 6.45) is 8.59. The van der Waals surface area contributed by atoms with Gasteiger partial charge in [-0.2, -0.15) is 4.98 Å². The number of piperazine rings is 1. The van der Waals surface area contributed by atoms with E-state index in [0.29, 0.717) is 0 Å². The van der Waals surface area contributed by atoms with E-state index in [1.165, 1.54) is 24.8 Å². The summed E-state index contributed by atoms with van der Waals surface area (Å²) in [4.78, 5) is 21.3. The van der Waals surface area contributed by atoms with E-state index < -0.39 is 0 Å². The molecule has 0 atom stereocenters. The molecule has 0 saturated carbocycles. The lowest BCUT2D eigenvalue weighted by atomic mass is 10.1. The van der Waals surface area contributed by atoms with E-state index in [2.05, 4.69) is 38.7 Å². The van der Waals surface area contributed by atoms with Gasteiger partial charge in [-0.1, -0.05) is 13.0 Å². The van der Waals surface area contributed by atoms with E-state index in [1.54, 1.807) is 0 Å². The van der Waals surface area contributed by atoms with E-state index in [4.69, 9.17) is 9.97 Å². The van der Waals surface area contributed by atoms with Crippen LogP contribution in [0.1, 0.15) is 37.4 Å². The SMILES string of the molecule is CCc1cc(N2CCN(Cc3cccnc3)CC2)nc(N2CCCCC2)n1. The fraction of sp³-hybridized carbons (Fsp3) is 0.571. The first-order valence-corrected chi connectivity index (χ1v) is 10.3. The molecule has 0 aromatic carbocycles. The van der Waals surface area contributed by atoms with E-state index in [9.17, 15) is 0 Å². The minimum atomic E-state index is 0.932. The van der Waals surface area contributed by atoms with Gasteiger partial charge in [0.2, 0.25) is 5.95 Å². The van der Waals surface area contributed by atoms with Crippen LogP contribution in [0.3, 0.4) is 0 Å². The molecule has 0 radical (unpaired) electrons. The summed E-state index contributed by atoms with van der Waals surface area (Å²) in [6.45, 7) is 9.47. The molecule has 0 unspecified atom stereocenters. The zero-order valence-electron chi connectivity index (χ0n) is 16.3. The lowest BCUT2D eigenvalue weighted by Gasteiger charge is -2.36. The van der Waals surface area contributed by atoms with Crippen molar-refractivity contribution in [1.82, 2.24) is 19.9 Å². The third-order valence-electron chi connectivity index (χ3n) is 5.58. The molecule has 4 heterocycles. The number of anilines is 2. The van der Waals surface area contributed by atoms with Crippen LogP contribution < -0.4 is 9.80 Å². The molecule has 0 spiro atoms. The topological polar surface area (TPSA) is 48.4 Å². The van der Waals surface area contributed by atoms with Crippen LogP contribution in [0.25, 0.3) is 0 Å². The Morgan fingerprint density at radius 1 is 0.926 bits per heavy atom. The Bertz CT molecular complexity index is 721. The van der Waals surface area contributed by atoms with Gasteiger partial charge < -0.3 is 9.80 Å². The number of rotatable bonds is 5. The monoisotopic (exact) mass is 366 g/mol. The first-order valence-electron chi connectivity index (χ1n) is 10.3.